The third-order valence-electron chi connectivity index (χ3n) is 4.45. The van der Waals surface area contributed by atoms with Gasteiger partial charge >= 0.3 is 0 Å². The highest BCUT2D eigenvalue weighted by molar-refractivity contribution is 5.94. The predicted octanol–water partition coefficient (Wildman–Crippen LogP) is 4.32. The summed E-state index contributed by atoms with van der Waals surface area (Å²) < 4.78 is 4.99. The molecular formula is C21H18N2O2. The van der Waals surface area contributed by atoms with E-state index in [-0.39, 0.29) is 11.8 Å². The van der Waals surface area contributed by atoms with Crippen LogP contribution in [0.3, 0.4) is 0 Å². The molecule has 1 atom stereocenters. The minimum absolute atomic E-state index is 0.0631. The average Bonchev–Trinajstić information content (AvgIpc) is 3.33. The molecule has 0 unspecified atom stereocenters. The van der Waals surface area contributed by atoms with Crippen LogP contribution in [0.15, 0.2) is 83.8 Å². The summed E-state index contributed by atoms with van der Waals surface area (Å²) in [5.74, 6) is -0.0669. The first-order valence-corrected chi connectivity index (χ1v) is 8.24. The van der Waals surface area contributed by atoms with Crippen molar-refractivity contribution in [2.24, 2.45) is 0 Å². The summed E-state index contributed by atoms with van der Waals surface area (Å²) >= 11 is 0. The lowest BCUT2D eigenvalue weighted by molar-refractivity contribution is 0.0952. The molecule has 2 aromatic heterocycles. The van der Waals surface area contributed by atoms with E-state index in [2.05, 4.69) is 34.6 Å². The Morgan fingerprint density at radius 2 is 1.84 bits per heavy atom. The van der Waals surface area contributed by atoms with Crippen molar-refractivity contribution in [1.29, 1.82) is 0 Å². The van der Waals surface area contributed by atoms with Crippen LogP contribution < -0.4 is 5.32 Å². The molecule has 0 aliphatic carbocycles. The number of aromatic amines is 1. The standard InChI is InChI=1S/C21H18N2O2/c24-21(16-10-11-25-14-16)23-12-18(15-6-2-1-3-7-15)19-13-22-20-9-5-4-8-17(19)20/h1-11,13-14,18,22H,12H2,(H,23,24)/t18-/m1/s1. The molecule has 2 heterocycles. The van der Waals surface area contributed by atoms with Crippen molar-refractivity contribution in [3.05, 3.63) is 96.1 Å². The topological polar surface area (TPSA) is 58.0 Å². The fourth-order valence-electron chi connectivity index (χ4n) is 3.17. The maximum absolute atomic E-state index is 12.3. The number of fused-ring (bicyclic) bond motifs is 1. The Morgan fingerprint density at radius 1 is 1.04 bits per heavy atom. The Balaban J connectivity index is 1.66. The van der Waals surface area contributed by atoms with E-state index in [4.69, 9.17) is 4.42 Å². The molecule has 25 heavy (non-hydrogen) atoms. The molecule has 124 valence electrons. The molecule has 2 N–H and O–H groups in total. The first-order valence-electron chi connectivity index (χ1n) is 8.24. The number of para-hydroxylation sites is 1. The Hall–Kier alpha value is -3.27. The number of carbonyl (C=O) groups is 1. The second kappa shape index (κ2) is 6.69. The molecular weight excluding hydrogens is 312 g/mol. The van der Waals surface area contributed by atoms with Crippen molar-refractivity contribution in [3.63, 3.8) is 0 Å². The molecule has 0 saturated heterocycles. The van der Waals surface area contributed by atoms with Crippen LogP contribution in [0, 0.1) is 0 Å². The van der Waals surface area contributed by atoms with Crippen molar-refractivity contribution in [1.82, 2.24) is 10.3 Å². The number of rotatable bonds is 5. The summed E-state index contributed by atoms with van der Waals surface area (Å²) in [4.78, 5) is 15.6. The summed E-state index contributed by atoms with van der Waals surface area (Å²) in [6.45, 7) is 0.510. The van der Waals surface area contributed by atoms with Gasteiger partial charge in [0.25, 0.3) is 5.91 Å². The molecule has 4 aromatic rings. The largest absolute Gasteiger partial charge is 0.472 e. The number of hydrogen-bond donors (Lipinski definition) is 2. The monoisotopic (exact) mass is 330 g/mol. The molecule has 0 saturated carbocycles. The van der Waals surface area contributed by atoms with Crippen molar-refractivity contribution >= 4 is 16.8 Å². The maximum Gasteiger partial charge on any atom is 0.254 e. The molecule has 4 nitrogen and oxygen atoms in total. The summed E-state index contributed by atoms with van der Waals surface area (Å²) in [6, 6.07) is 20.1. The van der Waals surface area contributed by atoms with Crippen LogP contribution in [0.1, 0.15) is 27.4 Å². The fraction of sp³-hybridized carbons (Fsp3) is 0.0952. The van der Waals surface area contributed by atoms with E-state index in [9.17, 15) is 4.79 Å². The van der Waals surface area contributed by atoms with Crippen LogP contribution in [-0.4, -0.2) is 17.4 Å². The molecule has 0 aliphatic rings. The third-order valence-corrected chi connectivity index (χ3v) is 4.45. The molecule has 2 aromatic carbocycles. The second-order valence-electron chi connectivity index (χ2n) is 5.97. The molecule has 0 spiro atoms. The van der Waals surface area contributed by atoms with E-state index < -0.39 is 0 Å². The van der Waals surface area contributed by atoms with E-state index >= 15 is 0 Å². The normalized spacial score (nSPS) is 12.2. The second-order valence-corrected chi connectivity index (χ2v) is 5.97. The van der Waals surface area contributed by atoms with Crippen molar-refractivity contribution in [2.75, 3.05) is 6.54 Å². The molecule has 0 aliphatic heterocycles. The Morgan fingerprint density at radius 3 is 2.64 bits per heavy atom. The Kier molecular flexibility index (Phi) is 4.09. The number of amides is 1. The van der Waals surface area contributed by atoms with E-state index in [1.807, 2.05) is 36.5 Å². The van der Waals surface area contributed by atoms with Crippen molar-refractivity contribution in [3.8, 4) is 0 Å². The molecule has 0 bridgehead atoms. The van der Waals surface area contributed by atoms with Gasteiger partial charge in [-0.1, -0.05) is 48.5 Å². The van der Waals surface area contributed by atoms with Crippen LogP contribution in [0.2, 0.25) is 0 Å². The number of carbonyl (C=O) groups excluding carboxylic acids is 1. The molecule has 4 heteroatoms. The van der Waals surface area contributed by atoms with Crippen molar-refractivity contribution in [2.45, 2.75) is 5.92 Å². The highest BCUT2D eigenvalue weighted by Gasteiger charge is 2.19. The van der Waals surface area contributed by atoms with Gasteiger partial charge in [0.15, 0.2) is 0 Å². The zero-order chi connectivity index (χ0) is 17.1. The lowest BCUT2D eigenvalue weighted by Gasteiger charge is -2.18. The minimum atomic E-state index is -0.130. The van der Waals surface area contributed by atoms with Gasteiger partial charge in [-0.15, -0.1) is 0 Å². The maximum atomic E-state index is 12.3. The lowest BCUT2D eigenvalue weighted by Crippen LogP contribution is -2.28. The van der Waals surface area contributed by atoms with Gasteiger partial charge in [-0.05, 0) is 23.3 Å². The van der Waals surface area contributed by atoms with Crippen LogP contribution in [0.5, 0.6) is 0 Å². The highest BCUT2D eigenvalue weighted by Crippen LogP contribution is 2.30. The number of H-pyrrole nitrogens is 1. The number of aromatic nitrogens is 1. The first-order chi connectivity index (χ1) is 12.3. The Labute approximate surface area is 145 Å². The van der Waals surface area contributed by atoms with Gasteiger partial charge < -0.3 is 14.7 Å². The lowest BCUT2D eigenvalue weighted by atomic mass is 9.91. The summed E-state index contributed by atoms with van der Waals surface area (Å²) in [7, 11) is 0. The number of nitrogens with one attached hydrogen (secondary N) is 2. The molecule has 4 rings (SSSR count). The van der Waals surface area contributed by atoms with Crippen LogP contribution in [-0.2, 0) is 0 Å². The van der Waals surface area contributed by atoms with E-state index in [1.165, 1.54) is 29.0 Å². The average molecular weight is 330 g/mol. The molecule has 1 amide bonds. The Bertz CT molecular complexity index is 971. The van der Waals surface area contributed by atoms with Gasteiger partial charge in [-0.25, -0.2) is 0 Å². The van der Waals surface area contributed by atoms with Crippen molar-refractivity contribution < 1.29 is 9.21 Å². The summed E-state index contributed by atoms with van der Waals surface area (Å²) in [5.41, 5.74) is 3.97. The number of benzene rings is 2. The van der Waals surface area contributed by atoms with Gasteiger partial charge in [0.2, 0.25) is 0 Å². The van der Waals surface area contributed by atoms with Crippen LogP contribution in [0.4, 0.5) is 0 Å². The molecule has 0 fully saturated rings. The van der Waals surface area contributed by atoms with Gasteiger partial charge in [0.05, 0.1) is 11.8 Å². The van der Waals surface area contributed by atoms with E-state index in [0.717, 1.165) is 5.52 Å². The SMILES string of the molecule is O=C(NC[C@H](c1ccccc1)c1c[nH]c2ccccc12)c1ccoc1. The number of hydrogen-bond acceptors (Lipinski definition) is 2. The smallest absolute Gasteiger partial charge is 0.254 e. The quantitative estimate of drug-likeness (QED) is 0.572. The van der Waals surface area contributed by atoms with Gasteiger partial charge in [0, 0.05) is 29.6 Å². The minimum Gasteiger partial charge on any atom is -0.472 e. The zero-order valence-electron chi connectivity index (χ0n) is 13.6. The predicted molar refractivity (Wildman–Crippen MR) is 97.6 cm³/mol. The van der Waals surface area contributed by atoms with E-state index in [0.29, 0.717) is 12.1 Å². The number of furan rings is 1. The first kappa shape index (κ1) is 15.3. The van der Waals surface area contributed by atoms with Crippen LogP contribution >= 0.6 is 0 Å². The molecule has 0 radical (unpaired) electrons. The van der Waals surface area contributed by atoms with Gasteiger partial charge in [0.1, 0.15) is 6.26 Å². The summed E-state index contributed by atoms with van der Waals surface area (Å²) in [5, 5.41) is 4.20. The summed E-state index contributed by atoms with van der Waals surface area (Å²) in [6.07, 6.45) is 4.99. The van der Waals surface area contributed by atoms with Gasteiger partial charge in [-0.3, -0.25) is 4.79 Å². The highest BCUT2D eigenvalue weighted by atomic mass is 16.3. The van der Waals surface area contributed by atoms with Crippen LogP contribution in [0.25, 0.3) is 10.9 Å². The van der Waals surface area contributed by atoms with Gasteiger partial charge in [-0.2, -0.15) is 0 Å². The fourth-order valence-corrected chi connectivity index (χ4v) is 3.17. The van der Waals surface area contributed by atoms with E-state index in [1.54, 1.807) is 6.07 Å². The zero-order valence-corrected chi connectivity index (χ0v) is 13.6. The third kappa shape index (κ3) is 3.06.